The van der Waals surface area contributed by atoms with Crippen LogP contribution >= 0.6 is 0 Å². The molecule has 0 saturated heterocycles. The first-order valence-electron chi connectivity index (χ1n) is 6.17. The Morgan fingerprint density at radius 3 is 2.56 bits per heavy atom. The van der Waals surface area contributed by atoms with Crippen molar-refractivity contribution in [2.45, 2.75) is 19.9 Å². The maximum absolute atomic E-state index is 5.23. The van der Waals surface area contributed by atoms with E-state index in [1.54, 1.807) is 7.11 Å². The largest absolute Gasteiger partial charge is 0.497 e. The Balaban J connectivity index is 2.16. The number of hydrogen-bond donors (Lipinski definition) is 1. The Bertz CT molecular complexity index is 522. The van der Waals surface area contributed by atoms with Gasteiger partial charge in [-0.2, -0.15) is 0 Å². The summed E-state index contributed by atoms with van der Waals surface area (Å²) in [7, 11) is 1.68. The molecule has 0 radical (unpaired) electrons. The van der Waals surface area contributed by atoms with Crippen molar-refractivity contribution in [1.82, 2.24) is 0 Å². The predicted molar refractivity (Wildman–Crippen MR) is 76.2 cm³/mol. The monoisotopic (exact) mass is 241 g/mol. The van der Waals surface area contributed by atoms with Gasteiger partial charge in [0.25, 0.3) is 0 Å². The number of anilines is 1. The van der Waals surface area contributed by atoms with Gasteiger partial charge in [0, 0.05) is 17.8 Å². The molecular formula is C16H19NO. The zero-order valence-corrected chi connectivity index (χ0v) is 11.1. The summed E-state index contributed by atoms with van der Waals surface area (Å²) in [6, 6.07) is 16.7. The maximum Gasteiger partial charge on any atom is 0.120 e. The van der Waals surface area contributed by atoms with Crippen LogP contribution < -0.4 is 10.1 Å². The van der Waals surface area contributed by atoms with Crippen molar-refractivity contribution in [1.29, 1.82) is 0 Å². The molecule has 1 N–H and O–H groups in total. The van der Waals surface area contributed by atoms with Gasteiger partial charge in [-0.1, -0.05) is 30.3 Å². The van der Waals surface area contributed by atoms with E-state index in [1.165, 1.54) is 11.1 Å². The topological polar surface area (TPSA) is 21.3 Å². The highest BCUT2D eigenvalue weighted by molar-refractivity contribution is 5.50. The van der Waals surface area contributed by atoms with Crippen LogP contribution in [0.25, 0.3) is 0 Å². The molecular weight excluding hydrogens is 222 g/mol. The molecule has 0 amide bonds. The first-order chi connectivity index (χ1) is 8.70. The summed E-state index contributed by atoms with van der Waals surface area (Å²) in [6.07, 6.45) is 0. The van der Waals surface area contributed by atoms with Gasteiger partial charge >= 0.3 is 0 Å². The van der Waals surface area contributed by atoms with Crippen LogP contribution in [0.1, 0.15) is 24.1 Å². The van der Waals surface area contributed by atoms with Crippen LogP contribution in [0, 0.1) is 6.92 Å². The SMILES string of the molecule is COc1cccc(NC(C)c2ccccc2C)c1. The number of aryl methyl sites for hydroxylation is 1. The molecule has 0 aliphatic rings. The summed E-state index contributed by atoms with van der Waals surface area (Å²) in [5.74, 6) is 0.872. The Labute approximate surface area is 109 Å². The second kappa shape index (κ2) is 5.58. The average Bonchev–Trinajstić information content (AvgIpc) is 2.39. The fourth-order valence-electron chi connectivity index (χ4n) is 2.11. The second-order valence-electron chi connectivity index (χ2n) is 4.45. The first-order valence-corrected chi connectivity index (χ1v) is 6.17. The highest BCUT2D eigenvalue weighted by atomic mass is 16.5. The molecule has 2 heteroatoms. The molecule has 1 unspecified atom stereocenters. The van der Waals surface area contributed by atoms with Crippen LogP contribution in [0.15, 0.2) is 48.5 Å². The summed E-state index contributed by atoms with van der Waals surface area (Å²) >= 11 is 0. The molecule has 0 fully saturated rings. The molecule has 0 aliphatic heterocycles. The van der Waals surface area contributed by atoms with E-state index >= 15 is 0 Å². The van der Waals surface area contributed by atoms with Crippen LogP contribution in [-0.2, 0) is 0 Å². The molecule has 2 nitrogen and oxygen atoms in total. The lowest BCUT2D eigenvalue weighted by Crippen LogP contribution is -2.08. The summed E-state index contributed by atoms with van der Waals surface area (Å²) in [5, 5.41) is 3.49. The van der Waals surface area contributed by atoms with Gasteiger partial charge < -0.3 is 10.1 Å². The fourth-order valence-corrected chi connectivity index (χ4v) is 2.11. The standard InChI is InChI=1S/C16H19NO/c1-12-7-4-5-10-16(12)13(2)17-14-8-6-9-15(11-14)18-3/h4-11,13,17H,1-3H3. The number of methoxy groups -OCH3 is 1. The number of nitrogens with one attached hydrogen (secondary N) is 1. The third kappa shape index (κ3) is 2.83. The summed E-state index contributed by atoms with van der Waals surface area (Å²) < 4.78 is 5.23. The molecule has 0 saturated carbocycles. The Morgan fingerprint density at radius 1 is 1.06 bits per heavy atom. The average molecular weight is 241 g/mol. The lowest BCUT2D eigenvalue weighted by molar-refractivity contribution is 0.415. The molecule has 2 rings (SSSR count). The van der Waals surface area contributed by atoms with E-state index < -0.39 is 0 Å². The minimum Gasteiger partial charge on any atom is -0.497 e. The van der Waals surface area contributed by atoms with E-state index in [0.29, 0.717) is 0 Å². The number of hydrogen-bond acceptors (Lipinski definition) is 2. The molecule has 0 aromatic heterocycles. The van der Waals surface area contributed by atoms with Crippen LogP contribution in [0.3, 0.4) is 0 Å². The van der Waals surface area contributed by atoms with E-state index in [2.05, 4.69) is 49.5 Å². The predicted octanol–water partition coefficient (Wildman–Crippen LogP) is 4.18. The van der Waals surface area contributed by atoms with Crippen LogP contribution in [0.4, 0.5) is 5.69 Å². The Hall–Kier alpha value is -1.96. The molecule has 0 bridgehead atoms. The van der Waals surface area contributed by atoms with Crippen molar-refractivity contribution in [3.63, 3.8) is 0 Å². The smallest absolute Gasteiger partial charge is 0.120 e. The highest BCUT2D eigenvalue weighted by Gasteiger charge is 2.07. The molecule has 0 spiro atoms. The molecule has 0 heterocycles. The molecule has 2 aromatic carbocycles. The molecule has 94 valence electrons. The van der Waals surface area contributed by atoms with Gasteiger partial charge in [0.05, 0.1) is 7.11 Å². The molecule has 2 aromatic rings. The number of benzene rings is 2. The number of ether oxygens (including phenoxy) is 1. The van der Waals surface area contributed by atoms with Crippen molar-refractivity contribution < 1.29 is 4.74 Å². The quantitative estimate of drug-likeness (QED) is 0.867. The summed E-state index contributed by atoms with van der Waals surface area (Å²) in [4.78, 5) is 0. The molecule has 0 aliphatic carbocycles. The minimum absolute atomic E-state index is 0.276. The first kappa shape index (κ1) is 12.5. The van der Waals surface area contributed by atoms with Gasteiger partial charge in [-0.05, 0) is 37.1 Å². The van der Waals surface area contributed by atoms with Gasteiger partial charge in [-0.3, -0.25) is 0 Å². The third-order valence-electron chi connectivity index (χ3n) is 3.11. The molecule has 18 heavy (non-hydrogen) atoms. The van der Waals surface area contributed by atoms with Gasteiger partial charge in [0.1, 0.15) is 5.75 Å². The fraction of sp³-hybridized carbons (Fsp3) is 0.250. The summed E-state index contributed by atoms with van der Waals surface area (Å²) in [6.45, 7) is 4.31. The third-order valence-corrected chi connectivity index (χ3v) is 3.11. The Morgan fingerprint density at radius 2 is 1.83 bits per heavy atom. The number of rotatable bonds is 4. The van der Waals surface area contributed by atoms with Crippen molar-refractivity contribution in [2.75, 3.05) is 12.4 Å². The van der Waals surface area contributed by atoms with Gasteiger partial charge in [0.2, 0.25) is 0 Å². The van der Waals surface area contributed by atoms with Crippen molar-refractivity contribution >= 4 is 5.69 Å². The van der Waals surface area contributed by atoms with Gasteiger partial charge in [-0.15, -0.1) is 0 Å². The lowest BCUT2D eigenvalue weighted by atomic mass is 10.0. The second-order valence-corrected chi connectivity index (χ2v) is 4.45. The van der Waals surface area contributed by atoms with E-state index in [0.717, 1.165) is 11.4 Å². The minimum atomic E-state index is 0.276. The maximum atomic E-state index is 5.23. The highest BCUT2D eigenvalue weighted by Crippen LogP contribution is 2.24. The van der Waals surface area contributed by atoms with E-state index in [4.69, 9.17) is 4.74 Å². The lowest BCUT2D eigenvalue weighted by Gasteiger charge is -2.18. The van der Waals surface area contributed by atoms with E-state index in [9.17, 15) is 0 Å². The zero-order chi connectivity index (χ0) is 13.0. The van der Waals surface area contributed by atoms with Crippen LogP contribution in [0.5, 0.6) is 5.75 Å². The zero-order valence-electron chi connectivity index (χ0n) is 11.1. The molecule has 1 atom stereocenters. The van der Waals surface area contributed by atoms with Crippen molar-refractivity contribution in [2.24, 2.45) is 0 Å². The normalized spacial score (nSPS) is 11.9. The van der Waals surface area contributed by atoms with Crippen molar-refractivity contribution in [3.8, 4) is 5.75 Å². The Kier molecular flexibility index (Phi) is 3.88. The van der Waals surface area contributed by atoms with Gasteiger partial charge in [0.15, 0.2) is 0 Å². The van der Waals surface area contributed by atoms with Crippen molar-refractivity contribution in [3.05, 3.63) is 59.7 Å². The van der Waals surface area contributed by atoms with Crippen LogP contribution in [0.2, 0.25) is 0 Å². The van der Waals surface area contributed by atoms with E-state index in [-0.39, 0.29) is 6.04 Å². The van der Waals surface area contributed by atoms with Gasteiger partial charge in [-0.25, -0.2) is 0 Å². The summed E-state index contributed by atoms with van der Waals surface area (Å²) in [5.41, 5.74) is 3.70. The van der Waals surface area contributed by atoms with Crippen LogP contribution in [-0.4, -0.2) is 7.11 Å². The van der Waals surface area contributed by atoms with E-state index in [1.807, 2.05) is 18.2 Å².